The molecule has 0 aliphatic carbocycles. The van der Waals surface area contributed by atoms with Crippen LogP contribution in [0.15, 0.2) is 42.5 Å². The lowest BCUT2D eigenvalue weighted by Crippen LogP contribution is -2.52. The Morgan fingerprint density at radius 1 is 1.11 bits per heavy atom. The van der Waals surface area contributed by atoms with E-state index >= 15 is 0 Å². The fraction of sp³-hybridized carbons (Fsp3) is 0.391. The van der Waals surface area contributed by atoms with E-state index in [0.29, 0.717) is 11.1 Å². The lowest BCUT2D eigenvalue weighted by molar-refractivity contribution is -0.384. The Morgan fingerprint density at radius 2 is 1.71 bits per heavy atom. The molecule has 2 rings (SSSR count). The SMILES string of the molecule is Cc1ccc([N+](=O)[O-])cc1N(CC(=O)N(Cc1ccc(F)cc1)C(C)C(=O)NC(C)C)S(C)(=O)=O. The minimum absolute atomic E-state index is 0.0175. The van der Waals surface area contributed by atoms with E-state index in [4.69, 9.17) is 0 Å². The van der Waals surface area contributed by atoms with E-state index in [1.54, 1.807) is 20.8 Å². The summed E-state index contributed by atoms with van der Waals surface area (Å²) < 4.78 is 39.4. The van der Waals surface area contributed by atoms with E-state index in [0.717, 1.165) is 16.6 Å². The quantitative estimate of drug-likeness (QED) is 0.388. The Bertz CT molecular complexity index is 1200. The Kier molecular flexibility index (Phi) is 8.91. The molecular formula is C23H29FN4O6S. The number of nitrogens with one attached hydrogen (secondary N) is 1. The molecule has 2 aromatic rings. The zero-order valence-electron chi connectivity index (χ0n) is 20.2. The molecule has 190 valence electrons. The first-order chi connectivity index (χ1) is 16.2. The van der Waals surface area contributed by atoms with Crippen LogP contribution in [0.2, 0.25) is 0 Å². The van der Waals surface area contributed by atoms with Crippen LogP contribution in [-0.4, -0.2) is 54.9 Å². The van der Waals surface area contributed by atoms with Gasteiger partial charge in [-0.3, -0.25) is 24.0 Å². The molecular weight excluding hydrogens is 479 g/mol. The first-order valence-corrected chi connectivity index (χ1v) is 12.6. The molecule has 2 aromatic carbocycles. The van der Waals surface area contributed by atoms with Crippen LogP contribution in [0.25, 0.3) is 0 Å². The molecule has 2 amide bonds. The minimum Gasteiger partial charge on any atom is -0.352 e. The molecule has 0 saturated heterocycles. The van der Waals surface area contributed by atoms with E-state index < -0.39 is 45.2 Å². The first kappa shape index (κ1) is 27.7. The van der Waals surface area contributed by atoms with Crippen molar-refractivity contribution in [2.24, 2.45) is 0 Å². The zero-order chi connectivity index (χ0) is 26.5. The number of sulfonamides is 1. The summed E-state index contributed by atoms with van der Waals surface area (Å²) in [6.45, 7) is 5.80. The van der Waals surface area contributed by atoms with E-state index in [-0.39, 0.29) is 24.0 Å². The van der Waals surface area contributed by atoms with Crippen LogP contribution in [0.1, 0.15) is 31.9 Å². The Morgan fingerprint density at radius 3 is 2.23 bits per heavy atom. The van der Waals surface area contributed by atoms with Crippen molar-refractivity contribution in [2.45, 2.75) is 46.3 Å². The number of nitro groups is 1. The summed E-state index contributed by atoms with van der Waals surface area (Å²) in [4.78, 5) is 37.9. The molecule has 1 unspecified atom stereocenters. The third kappa shape index (κ3) is 7.47. The number of rotatable bonds is 10. The number of nitrogens with zero attached hydrogens (tertiary/aromatic N) is 3. The van der Waals surface area contributed by atoms with Crippen molar-refractivity contribution in [1.29, 1.82) is 0 Å². The van der Waals surface area contributed by atoms with E-state index in [1.807, 2.05) is 0 Å². The van der Waals surface area contributed by atoms with Gasteiger partial charge in [0.05, 0.1) is 16.9 Å². The van der Waals surface area contributed by atoms with E-state index in [9.17, 15) is 32.5 Å². The van der Waals surface area contributed by atoms with Crippen molar-refractivity contribution >= 4 is 33.2 Å². The largest absolute Gasteiger partial charge is 0.352 e. The van der Waals surface area contributed by atoms with Crippen molar-refractivity contribution in [3.63, 3.8) is 0 Å². The molecule has 0 heterocycles. The number of halogens is 1. The van der Waals surface area contributed by atoms with Crippen LogP contribution in [0, 0.1) is 22.9 Å². The van der Waals surface area contributed by atoms with Gasteiger partial charge in [-0.1, -0.05) is 18.2 Å². The fourth-order valence-electron chi connectivity index (χ4n) is 3.35. The van der Waals surface area contributed by atoms with Crippen molar-refractivity contribution in [1.82, 2.24) is 10.2 Å². The van der Waals surface area contributed by atoms with Crippen LogP contribution >= 0.6 is 0 Å². The number of non-ortho nitro benzene ring substituents is 1. The smallest absolute Gasteiger partial charge is 0.271 e. The maximum Gasteiger partial charge on any atom is 0.271 e. The van der Waals surface area contributed by atoms with Gasteiger partial charge in [0.25, 0.3) is 5.69 Å². The highest BCUT2D eigenvalue weighted by Gasteiger charge is 2.31. The molecule has 0 aliphatic heterocycles. The fourth-order valence-corrected chi connectivity index (χ4v) is 4.25. The summed E-state index contributed by atoms with van der Waals surface area (Å²) in [5, 5.41) is 14.0. The minimum atomic E-state index is -4.04. The normalized spacial score (nSPS) is 12.2. The van der Waals surface area contributed by atoms with Crippen LogP contribution in [0.5, 0.6) is 0 Å². The lowest BCUT2D eigenvalue weighted by Gasteiger charge is -2.32. The van der Waals surface area contributed by atoms with Gasteiger partial charge in [0.1, 0.15) is 18.4 Å². The lowest BCUT2D eigenvalue weighted by atomic mass is 10.1. The van der Waals surface area contributed by atoms with Crippen molar-refractivity contribution in [2.75, 3.05) is 17.1 Å². The highest BCUT2D eigenvalue weighted by atomic mass is 32.2. The molecule has 0 fully saturated rings. The summed E-state index contributed by atoms with van der Waals surface area (Å²) in [5.41, 5.74) is 0.585. The number of carbonyl (C=O) groups is 2. The average molecular weight is 509 g/mol. The van der Waals surface area contributed by atoms with Gasteiger partial charge >= 0.3 is 0 Å². The number of aryl methyl sites for hydroxylation is 1. The van der Waals surface area contributed by atoms with Gasteiger partial charge in [0.2, 0.25) is 21.8 Å². The molecule has 0 radical (unpaired) electrons. The number of hydrogen-bond acceptors (Lipinski definition) is 6. The van der Waals surface area contributed by atoms with Gasteiger partial charge in [-0.15, -0.1) is 0 Å². The average Bonchev–Trinajstić information content (AvgIpc) is 2.75. The number of amides is 2. The molecule has 12 heteroatoms. The monoisotopic (exact) mass is 508 g/mol. The molecule has 0 saturated carbocycles. The van der Waals surface area contributed by atoms with Crippen LogP contribution in [0.4, 0.5) is 15.8 Å². The first-order valence-electron chi connectivity index (χ1n) is 10.8. The van der Waals surface area contributed by atoms with Gasteiger partial charge in [-0.2, -0.15) is 0 Å². The zero-order valence-corrected chi connectivity index (χ0v) is 21.0. The number of carbonyl (C=O) groups excluding carboxylic acids is 2. The predicted molar refractivity (Wildman–Crippen MR) is 130 cm³/mol. The number of benzene rings is 2. The van der Waals surface area contributed by atoms with Crippen molar-refractivity contribution in [3.8, 4) is 0 Å². The summed E-state index contributed by atoms with van der Waals surface area (Å²) in [7, 11) is -4.04. The highest BCUT2D eigenvalue weighted by molar-refractivity contribution is 7.92. The second-order valence-corrected chi connectivity index (χ2v) is 10.4. The summed E-state index contributed by atoms with van der Waals surface area (Å²) in [6, 6.07) is 7.88. The van der Waals surface area contributed by atoms with E-state index in [2.05, 4.69) is 5.32 Å². The second-order valence-electron chi connectivity index (χ2n) is 8.48. The number of nitro benzene ring substituents is 1. The molecule has 0 aromatic heterocycles. The van der Waals surface area contributed by atoms with Gasteiger partial charge in [0.15, 0.2) is 0 Å². The highest BCUT2D eigenvalue weighted by Crippen LogP contribution is 2.28. The Hall–Kier alpha value is -3.54. The molecule has 35 heavy (non-hydrogen) atoms. The molecule has 0 bridgehead atoms. The van der Waals surface area contributed by atoms with Gasteiger partial charge in [0, 0.05) is 24.7 Å². The molecule has 10 nitrogen and oxygen atoms in total. The summed E-state index contributed by atoms with van der Waals surface area (Å²) in [5.74, 6) is -1.63. The third-order valence-electron chi connectivity index (χ3n) is 5.22. The number of anilines is 1. The molecule has 0 spiro atoms. The second kappa shape index (κ2) is 11.3. The van der Waals surface area contributed by atoms with Crippen LogP contribution in [-0.2, 0) is 26.2 Å². The third-order valence-corrected chi connectivity index (χ3v) is 6.34. The maximum absolute atomic E-state index is 13.4. The van der Waals surface area contributed by atoms with Crippen LogP contribution < -0.4 is 9.62 Å². The summed E-state index contributed by atoms with van der Waals surface area (Å²) in [6.07, 6.45) is 0.887. The predicted octanol–water partition coefficient (Wildman–Crippen LogP) is 2.75. The molecule has 1 N–H and O–H groups in total. The van der Waals surface area contributed by atoms with Gasteiger partial charge < -0.3 is 10.2 Å². The summed E-state index contributed by atoms with van der Waals surface area (Å²) >= 11 is 0. The Balaban J connectivity index is 2.47. The van der Waals surface area contributed by atoms with Crippen LogP contribution in [0.3, 0.4) is 0 Å². The number of hydrogen-bond donors (Lipinski definition) is 1. The Labute approximate surface area is 203 Å². The standard InChI is InChI=1S/C23H29FN4O6S/c1-15(2)25-23(30)17(4)26(13-18-7-9-19(24)10-8-18)22(29)14-27(35(5,33)34)21-12-20(28(31)32)11-6-16(21)3/h6-12,15,17H,13-14H2,1-5H3,(H,25,30). The topological polar surface area (TPSA) is 130 Å². The van der Waals surface area contributed by atoms with Gasteiger partial charge in [-0.05, 0) is 51.0 Å². The molecule has 1 atom stereocenters. The van der Waals surface area contributed by atoms with Crippen molar-refractivity contribution < 1.29 is 27.3 Å². The van der Waals surface area contributed by atoms with Crippen molar-refractivity contribution in [3.05, 3.63) is 69.5 Å². The van der Waals surface area contributed by atoms with Gasteiger partial charge in [-0.25, -0.2) is 12.8 Å². The van der Waals surface area contributed by atoms with E-state index in [1.165, 1.54) is 48.2 Å². The maximum atomic E-state index is 13.4. The molecule has 0 aliphatic rings.